The van der Waals surface area contributed by atoms with Crippen LogP contribution in [0, 0.1) is 0 Å². The maximum absolute atomic E-state index is 13.1. The second-order valence-electron chi connectivity index (χ2n) is 8.17. The van der Waals surface area contributed by atoms with Gasteiger partial charge in [0.05, 0.1) is 19.1 Å². The van der Waals surface area contributed by atoms with Gasteiger partial charge in [0, 0.05) is 48.7 Å². The van der Waals surface area contributed by atoms with Gasteiger partial charge in [-0.15, -0.1) is 0 Å². The van der Waals surface area contributed by atoms with Gasteiger partial charge in [0.1, 0.15) is 5.75 Å². The number of methoxy groups -OCH3 is 1. The molecule has 1 fully saturated rings. The van der Waals surface area contributed by atoms with Crippen LogP contribution in [0.15, 0.2) is 41.7 Å². The molecule has 2 N–H and O–H groups in total. The fraction of sp³-hybridized carbons (Fsp3) is 0.435. The fourth-order valence-electron chi connectivity index (χ4n) is 4.43. The standard InChI is InChI=1S/C23H27ClN4O3/c1-23(13-20(29)28(22(25)27-23)17-7-10-31-11-8-17)18-5-3-4-15(21(18)24)12-16-14-26-9-6-19(16)30-2/h3-6,9,14,17H,7-8,10-13H2,1-2H3,(H2,25,27)/t23-/m0/s1. The summed E-state index contributed by atoms with van der Waals surface area (Å²) < 4.78 is 10.9. The summed E-state index contributed by atoms with van der Waals surface area (Å²) in [6.45, 7) is 3.17. The van der Waals surface area contributed by atoms with E-state index in [2.05, 4.69) is 4.98 Å². The second-order valence-corrected chi connectivity index (χ2v) is 8.55. The number of halogens is 1. The lowest BCUT2D eigenvalue weighted by Gasteiger charge is -2.40. The maximum atomic E-state index is 13.1. The first-order valence-corrected chi connectivity index (χ1v) is 10.8. The number of hydrogen-bond donors (Lipinski definition) is 1. The largest absolute Gasteiger partial charge is 0.496 e. The van der Waals surface area contributed by atoms with E-state index in [1.54, 1.807) is 24.4 Å². The van der Waals surface area contributed by atoms with Gasteiger partial charge in [-0.25, -0.2) is 4.99 Å². The Morgan fingerprint density at radius 2 is 2.06 bits per heavy atom. The van der Waals surface area contributed by atoms with E-state index in [1.807, 2.05) is 31.2 Å². The summed E-state index contributed by atoms with van der Waals surface area (Å²) in [6.07, 6.45) is 5.77. The molecule has 0 radical (unpaired) electrons. The summed E-state index contributed by atoms with van der Waals surface area (Å²) in [7, 11) is 1.63. The molecule has 0 unspecified atom stereocenters. The van der Waals surface area contributed by atoms with Gasteiger partial charge in [0.15, 0.2) is 5.96 Å². The molecule has 4 rings (SSSR count). The Labute approximate surface area is 187 Å². The third-order valence-electron chi connectivity index (χ3n) is 6.05. The van der Waals surface area contributed by atoms with Gasteiger partial charge in [-0.2, -0.15) is 0 Å². The van der Waals surface area contributed by atoms with E-state index < -0.39 is 5.54 Å². The van der Waals surface area contributed by atoms with E-state index in [1.165, 1.54) is 0 Å². The lowest BCUT2D eigenvalue weighted by atomic mass is 9.85. The third-order valence-corrected chi connectivity index (χ3v) is 6.49. The number of aliphatic imine (C=N–C) groups is 1. The molecule has 1 amide bonds. The zero-order valence-corrected chi connectivity index (χ0v) is 18.6. The highest BCUT2D eigenvalue weighted by molar-refractivity contribution is 6.32. The summed E-state index contributed by atoms with van der Waals surface area (Å²) in [5.74, 6) is 0.975. The molecule has 8 heteroatoms. The first kappa shape index (κ1) is 21.6. The van der Waals surface area contributed by atoms with Crippen molar-refractivity contribution in [3.05, 3.63) is 58.4 Å². The van der Waals surface area contributed by atoms with Gasteiger partial charge >= 0.3 is 0 Å². The molecular weight excluding hydrogens is 416 g/mol. The van der Waals surface area contributed by atoms with Crippen molar-refractivity contribution in [1.29, 1.82) is 0 Å². The molecule has 0 saturated carbocycles. The number of carbonyl (C=O) groups is 1. The van der Waals surface area contributed by atoms with E-state index >= 15 is 0 Å². The van der Waals surface area contributed by atoms with Gasteiger partial charge in [-0.05, 0) is 37.0 Å². The number of ether oxygens (including phenoxy) is 2. The second kappa shape index (κ2) is 8.85. The smallest absolute Gasteiger partial charge is 0.232 e. The highest BCUT2D eigenvalue weighted by Gasteiger charge is 2.41. The molecule has 1 aromatic carbocycles. The monoisotopic (exact) mass is 442 g/mol. The minimum Gasteiger partial charge on any atom is -0.496 e. The van der Waals surface area contributed by atoms with Gasteiger partial charge in [0.25, 0.3) is 0 Å². The molecule has 3 heterocycles. The first-order chi connectivity index (χ1) is 14.9. The quantitative estimate of drug-likeness (QED) is 0.767. The van der Waals surface area contributed by atoms with E-state index in [9.17, 15) is 4.79 Å². The van der Waals surface area contributed by atoms with E-state index in [-0.39, 0.29) is 24.3 Å². The van der Waals surface area contributed by atoms with Crippen LogP contribution in [0.5, 0.6) is 5.75 Å². The molecule has 2 aromatic rings. The summed E-state index contributed by atoms with van der Waals surface area (Å²) in [6, 6.07) is 7.68. The molecule has 1 saturated heterocycles. The number of aromatic nitrogens is 1. The van der Waals surface area contributed by atoms with E-state index in [0.29, 0.717) is 24.7 Å². The predicted molar refractivity (Wildman–Crippen MR) is 119 cm³/mol. The van der Waals surface area contributed by atoms with Gasteiger partial charge < -0.3 is 15.2 Å². The van der Waals surface area contributed by atoms with Crippen LogP contribution < -0.4 is 10.5 Å². The fourth-order valence-corrected chi connectivity index (χ4v) is 4.82. The number of guanidine groups is 1. The summed E-state index contributed by atoms with van der Waals surface area (Å²) in [5, 5.41) is 0.583. The van der Waals surface area contributed by atoms with Crippen molar-refractivity contribution >= 4 is 23.5 Å². The number of benzene rings is 1. The molecular formula is C23H27ClN4O3. The molecule has 1 atom stereocenters. The molecule has 164 valence electrons. The maximum Gasteiger partial charge on any atom is 0.232 e. The van der Waals surface area contributed by atoms with Crippen molar-refractivity contribution in [1.82, 2.24) is 9.88 Å². The predicted octanol–water partition coefficient (Wildman–Crippen LogP) is 3.28. The van der Waals surface area contributed by atoms with Crippen molar-refractivity contribution in [3.8, 4) is 5.75 Å². The molecule has 31 heavy (non-hydrogen) atoms. The van der Waals surface area contributed by atoms with Crippen molar-refractivity contribution in [2.24, 2.45) is 10.7 Å². The average Bonchev–Trinajstić information content (AvgIpc) is 2.75. The number of nitrogens with zero attached hydrogens (tertiary/aromatic N) is 3. The minimum absolute atomic E-state index is 0.0303. The number of carbonyl (C=O) groups excluding carboxylic acids is 1. The van der Waals surface area contributed by atoms with E-state index in [4.69, 9.17) is 31.8 Å². The van der Waals surface area contributed by atoms with Crippen LogP contribution in [0.3, 0.4) is 0 Å². The summed E-state index contributed by atoms with van der Waals surface area (Å²) in [5.41, 5.74) is 8.12. The third kappa shape index (κ3) is 4.25. The Bertz CT molecular complexity index is 1010. The van der Waals surface area contributed by atoms with Gasteiger partial charge in [0.2, 0.25) is 5.91 Å². The zero-order valence-electron chi connectivity index (χ0n) is 17.8. The highest BCUT2D eigenvalue weighted by atomic mass is 35.5. The van der Waals surface area contributed by atoms with E-state index in [0.717, 1.165) is 35.3 Å². The van der Waals surface area contributed by atoms with Crippen LogP contribution in [0.4, 0.5) is 0 Å². The number of amides is 1. The number of rotatable bonds is 5. The Kier molecular flexibility index (Phi) is 6.16. The SMILES string of the molecule is COc1ccncc1Cc1cccc([C@]2(C)CC(=O)N(C3CCOCC3)C(N)=N2)c1Cl. The van der Waals surface area contributed by atoms with Crippen molar-refractivity contribution in [2.45, 2.75) is 44.2 Å². The highest BCUT2D eigenvalue weighted by Crippen LogP contribution is 2.40. The van der Waals surface area contributed by atoms with Crippen LogP contribution in [0.2, 0.25) is 5.02 Å². The zero-order chi connectivity index (χ0) is 22.0. The van der Waals surface area contributed by atoms with Crippen LogP contribution in [-0.4, -0.2) is 48.1 Å². The Balaban J connectivity index is 1.65. The van der Waals surface area contributed by atoms with Crippen molar-refractivity contribution in [3.63, 3.8) is 0 Å². The van der Waals surface area contributed by atoms with Crippen LogP contribution in [-0.2, 0) is 21.5 Å². The van der Waals surface area contributed by atoms with Crippen molar-refractivity contribution in [2.75, 3.05) is 20.3 Å². The van der Waals surface area contributed by atoms with Crippen LogP contribution in [0.25, 0.3) is 0 Å². The summed E-state index contributed by atoms with van der Waals surface area (Å²) in [4.78, 5) is 23.7. The minimum atomic E-state index is -0.824. The van der Waals surface area contributed by atoms with Crippen molar-refractivity contribution < 1.29 is 14.3 Å². The molecule has 0 aliphatic carbocycles. The molecule has 2 aliphatic heterocycles. The lowest BCUT2D eigenvalue weighted by Crippen LogP contribution is -2.55. The Hall–Kier alpha value is -2.64. The normalized spacial score (nSPS) is 22.4. The Morgan fingerprint density at radius 1 is 1.29 bits per heavy atom. The number of hydrogen-bond acceptors (Lipinski definition) is 6. The topological polar surface area (TPSA) is 90.0 Å². The molecule has 0 bridgehead atoms. The number of pyridine rings is 1. The number of nitrogens with two attached hydrogens (primary N) is 1. The van der Waals surface area contributed by atoms with Gasteiger partial charge in [-0.1, -0.05) is 29.8 Å². The summed E-state index contributed by atoms with van der Waals surface area (Å²) >= 11 is 6.84. The van der Waals surface area contributed by atoms with Gasteiger partial charge in [-0.3, -0.25) is 14.7 Å². The average molecular weight is 443 g/mol. The molecule has 7 nitrogen and oxygen atoms in total. The molecule has 0 spiro atoms. The lowest BCUT2D eigenvalue weighted by molar-refractivity contribution is -0.132. The molecule has 2 aliphatic rings. The Morgan fingerprint density at radius 3 is 2.77 bits per heavy atom. The van der Waals surface area contributed by atoms with Crippen LogP contribution in [0.1, 0.15) is 42.9 Å². The first-order valence-electron chi connectivity index (χ1n) is 10.4. The molecule has 1 aromatic heterocycles. The van der Waals surface area contributed by atoms with Crippen LogP contribution >= 0.6 is 11.6 Å².